The lowest BCUT2D eigenvalue weighted by atomic mass is 10.2. The monoisotopic (exact) mass is 149 g/mol. The van der Waals surface area contributed by atoms with Crippen LogP contribution in [-0.2, 0) is 4.79 Å². The van der Waals surface area contributed by atoms with Crippen LogP contribution in [-0.4, -0.2) is 12.0 Å². The van der Waals surface area contributed by atoms with Crippen LogP contribution in [0, 0.1) is 0 Å². The molecule has 0 aliphatic heterocycles. The van der Waals surface area contributed by atoms with E-state index in [1.54, 1.807) is 12.3 Å². The predicted molar refractivity (Wildman–Crippen MR) is 47.7 cm³/mol. The van der Waals surface area contributed by atoms with Gasteiger partial charge < -0.3 is 0 Å². The summed E-state index contributed by atoms with van der Waals surface area (Å²) in [6, 6.07) is 0. The van der Waals surface area contributed by atoms with Gasteiger partial charge in [0, 0.05) is 11.8 Å². The predicted octanol–water partition coefficient (Wildman–Crippen LogP) is 1.90. The van der Waals surface area contributed by atoms with Gasteiger partial charge in [-0.15, -0.1) is 0 Å². The summed E-state index contributed by atoms with van der Waals surface area (Å²) in [5.41, 5.74) is 0.858. The summed E-state index contributed by atoms with van der Waals surface area (Å²) in [5, 5.41) is 0. The lowest BCUT2D eigenvalue weighted by Gasteiger charge is -1.92. The van der Waals surface area contributed by atoms with E-state index in [9.17, 15) is 4.79 Å². The van der Waals surface area contributed by atoms with Crippen molar-refractivity contribution in [2.45, 2.75) is 6.92 Å². The summed E-state index contributed by atoms with van der Waals surface area (Å²) in [5.74, 6) is 0. The molecule has 0 saturated carbocycles. The van der Waals surface area contributed by atoms with Gasteiger partial charge in [-0.05, 0) is 13.0 Å². The van der Waals surface area contributed by atoms with Crippen LogP contribution in [0.1, 0.15) is 6.92 Å². The molecule has 2 nitrogen and oxygen atoms in total. The standard InChI is InChI=1S/C9H11NO/c1-4-6-10-9(5-2)8(3)7-11/h4-7H,2-3H2,1H3/b6-4-,10-9+. The largest absolute Gasteiger partial charge is 0.298 e. The molecule has 0 aromatic heterocycles. The van der Waals surface area contributed by atoms with E-state index in [1.807, 2.05) is 6.92 Å². The highest BCUT2D eigenvalue weighted by molar-refractivity contribution is 6.19. The van der Waals surface area contributed by atoms with Crippen LogP contribution < -0.4 is 0 Å². The van der Waals surface area contributed by atoms with Crippen LogP contribution in [0.15, 0.2) is 42.1 Å². The number of nitrogens with zero attached hydrogens (tertiary/aromatic N) is 1. The minimum atomic E-state index is 0.345. The van der Waals surface area contributed by atoms with E-state index >= 15 is 0 Å². The molecule has 0 aliphatic carbocycles. The third-order valence-electron chi connectivity index (χ3n) is 1.03. The molecule has 0 N–H and O–H groups in total. The second-order valence-electron chi connectivity index (χ2n) is 1.84. The van der Waals surface area contributed by atoms with Crippen LogP contribution in [0.5, 0.6) is 0 Å². The molecule has 0 spiro atoms. The van der Waals surface area contributed by atoms with Gasteiger partial charge in [-0.1, -0.05) is 19.2 Å². The quantitative estimate of drug-likeness (QED) is 0.341. The first kappa shape index (κ1) is 9.56. The van der Waals surface area contributed by atoms with Crippen molar-refractivity contribution in [2.75, 3.05) is 0 Å². The van der Waals surface area contributed by atoms with Crippen molar-refractivity contribution < 1.29 is 4.79 Å². The first-order valence-electron chi connectivity index (χ1n) is 3.22. The Bertz CT molecular complexity index is 224. The molecule has 11 heavy (non-hydrogen) atoms. The average Bonchev–Trinajstić information content (AvgIpc) is 2.05. The fraction of sp³-hybridized carbons (Fsp3) is 0.111. The van der Waals surface area contributed by atoms with Crippen molar-refractivity contribution in [1.82, 2.24) is 0 Å². The average molecular weight is 149 g/mol. The lowest BCUT2D eigenvalue weighted by Crippen LogP contribution is -1.97. The normalized spacial score (nSPS) is 11.5. The maximum absolute atomic E-state index is 10.2. The fourth-order valence-corrected chi connectivity index (χ4v) is 0.482. The Morgan fingerprint density at radius 3 is 2.55 bits per heavy atom. The zero-order chi connectivity index (χ0) is 8.69. The van der Waals surface area contributed by atoms with Gasteiger partial charge in [-0.25, -0.2) is 0 Å². The van der Waals surface area contributed by atoms with Crippen molar-refractivity contribution in [3.8, 4) is 0 Å². The second kappa shape index (κ2) is 5.35. The minimum Gasteiger partial charge on any atom is -0.298 e. The van der Waals surface area contributed by atoms with Crippen LogP contribution in [0.3, 0.4) is 0 Å². The van der Waals surface area contributed by atoms with E-state index in [2.05, 4.69) is 18.2 Å². The van der Waals surface area contributed by atoms with E-state index in [-0.39, 0.29) is 0 Å². The lowest BCUT2D eigenvalue weighted by molar-refractivity contribution is -0.104. The van der Waals surface area contributed by atoms with E-state index < -0.39 is 0 Å². The highest BCUT2D eigenvalue weighted by Gasteiger charge is 1.95. The first-order chi connectivity index (χ1) is 5.26. The molecule has 0 amide bonds. The molecule has 0 heterocycles. The molecule has 0 bridgehead atoms. The molecular weight excluding hydrogens is 138 g/mol. The highest BCUT2D eigenvalue weighted by atomic mass is 16.1. The molecule has 0 fully saturated rings. The van der Waals surface area contributed by atoms with Gasteiger partial charge in [0.05, 0.1) is 5.71 Å². The van der Waals surface area contributed by atoms with Crippen molar-refractivity contribution in [2.24, 2.45) is 4.99 Å². The second-order valence-corrected chi connectivity index (χ2v) is 1.84. The van der Waals surface area contributed by atoms with Gasteiger partial charge in [-0.3, -0.25) is 9.79 Å². The summed E-state index contributed by atoms with van der Waals surface area (Å²) >= 11 is 0. The molecule has 0 aromatic rings. The number of hydrogen-bond acceptors (Lipinski definition) is 2. The topological polar surface area (TPSA) is 29.4 Å². The zero-order valence-corrected chi connectivity index (χ0v) is 6.58. The number of allylic oxidation sites excluding steroid dienone is 3. The van der Waals surface area contributed by atoms with E-state index in [4.69, 9.17) is 0 Å². The number of aliphatic imine (C=N–C) groups is 1. The molecule has 2 heteroatoms. The molecule has 0 saturated heterocycles. The van der Waals surface area contributed by atoms with E-state index in [0.29, 0.717) is 17.6 Å². The maximum atomic E-state index is 10.2. The third kappa shape index (κ3) is 3.30. The number of aldehydes is 1. The number of carbonyl (C=O) groups excluding carboxylic acids is 1. The SMILES string of the molecule is C=C/C(=N\C=C/C)C(=C)C=O. The summed E-state index contributed by atoms with van der Waals surface area (Å²) in [7, 11) is 0. The fourth-order valence-electron chi connectivity index (χ4n) is 0.482. The molecule has 0 aliphatic rings. The van der Waals surface area contributed by atoms with Crippen LogP contribution in [0.2, 0.25) is 0 Å². The number of hydrogen-bond donors (Lipinski definition) is 0. The van der Waals surface area contributed by atoms with E-state index in [1.165, 1.54) is 6.08 Å². The molecule has 0 rings (SSSR count). The molecular formula is C9H11NO. The van der Waals surface area contributed by atoms with Crippen molar-refractivity contribution in [1.29, 1.82) is 0 Å². The van der Waals surface area contributed by atoms with E-state index in [0.717, 1.165) is 0 Å². The summed E-state index contributed by atoms with van der Waals surface area (Å²) in [6.07, 6.45) is 5.51. The highest BCUT2D eigenvalue weighted by Crippen LogP contribution is 1.93. The van der Waals surface area contributed by atoms with Crippen molar-refractivity contribution in [3.05, 3.63) is 37.1 Å². The van der Waals surface area contributed by atoms with Gasteiger partial charge in [0.25, 0.3) is 0 Å². The Kier molecular flexibility index (Phi) is 4.65. The Balaban J connectivity index is 4.51. The number of rotatable bonds is 4. The Hall–Kier alpha value is -1.44. The van der Waals surface area contributed by atoms with Crippen molar-refractivity contribution >= 4 is 12.0 Å². The zero-order valence-electron chi connectivity index (χ0n) is 6.58. The Morgan fingerprint density at radius 2 is 2.18 bits per heavy atom. The smallest absolute Gasteiger partial charge is 0.151 e. The minimum absolute atomic E-state index is 0.345. The molecule has 0 atom stereocenters. The van der Waals surface area contributed by atoms with Gasteiger partial charge >= 0.3 is 0 Å². The molecule has 0 aromatic carbocycles. The Labute approximate surface area is 66.6 Å². The Morgan fingerprint density at radius 1 is 1.55 bits per heavy atom. The van der Waals surface area contributed by atoms with Gasteiger partial charge in [0.1, 0.15) is 0 Å². The molecule has 0 unspecified atom stereocenters. The number of carbonyl (C=O) groups is 1. The van der Waals surface area contributed by atoms with Crippen LogP contribution in [0.25, 0.3) is 0 Å². The summed E-state index contributed by atoms with van der Waals surface area (Å²) in [4.78, 5) is 14.1. The van der Waals surface area contributed by atoms with Gasteiger partial charge in [0.15, 0.2) is 6.29 Å². The third-order valence-corrected chi connectivity index (χ3v) is 1.03. The maximum Gasteiger partial charge on any atom is 0.151 e. The van der Waals surface area contributed by atoms with Gasteiger partial charge in [0.2, 0.25) is 0 Å². The summed E-state index contributed by atoms with van der Waals surface area (Å²) in [6.45, 7) is 8.83. The summed E-state index contributed by atoms with van der Waals surface area (Å²) < 4.78 is 0. The molecule has 0 radical (unpaired) electrons. The van der Waals surface area contributed by atoms with Gasteiger partial charge in [-0.2, -0.15) is 0 Å². The van der Waals surface area contributed by atoms with Crippen molar-refractivity contribution in [3.63, 3.8) is 0 Å². The van der Waals surface area contributed by atoms with Crippen LogP contribution >= 0.6 is 0 Å². The van der Waals surface area contributed by atoms with Crippen LogP contribution in [0.4, 0.5) is 0 Å². The first-order valence-corrected chi connectivity index (χ1v) is 3.22. The molecule has 58 valence electrons.